The van der Waals surface area contributed by atoms with Crippen LogP contribution in [0.2, 0.25) is 5.02 Å². The van der Waals surface area contributed by atoms with Gasteiger partial charge >= 0.3 is 0 Å². The molecule has 0 aliphatic carbocycles. The van der Waals surface area contributed by atoms with E-state index in [1.807, 2.05) is 0 Å². The minimum absolute atomic E-state index is 0.0794. The SMILES string of the molecule is CCCCCCCCC(N)c1ccc(F)cc1Cl. The summed E-state index contributed by atoms with van der Waals surface area (Å²) in [6.07, 6.45) is 8.41. The first-order valence-electron chi connectivity index (χ1n) is 6.85. The number of nitrogens with two attached hydrogens (primary N) is 1. The Balaban J connectivity index is 2.29. The van der Waals surface area contributed by atoms with Crippen molar-refractivity contribution in [3.05, 3.63) is 34.6 Å². The van der Waals surface area contributed by atoms with Crippen LogP contribution in [0.4, 0.5) is 4.39 Å². The van der Waals surface area contributed by atoms with Crippen molar-refractivity contribution < 1.29 is 4.39 Å². The molecule has 2 N–H and O–H groups in total. The Hall–Kier alpha value is -0.600. The molecule has 102 valence electrons. The second-order valence-electron chi connectivity index (χ2n) is 4.83. The Kier molecular flexibility index (Phi) is 7.29. The number of unbranched alkanes of at least 4 members (excludes halogenated alkanes) is 5. The molecule has 1 nitrogen and oxygen atoms in total. The summed E-state index contributed by atoms with van der Waals surface area (Å²) in [5.74, 6) is -0.310. The van der Waals surface area contributed by atoms with E-state index in [1.54, 1.807) is 6.07 Å². The summed E-state index contributed by atoms with van der Waals surface area (Å²) < 4.78 is 12.9. The molecule has 0 aromatic heterocycles. The molecule has 0 radical (unpaired) electrons. The maximum absolute atomic E-state index is 12.9. The highest BCUT2D eigenvalue weighted by molar-refractivity contribution is 6.31. The molecule has 1 aromatic carbocycles. The highest BCUT2D eigenvalue weighted by Crippen LogP contribution is 2.26. The summed E-state index contributed by atoms with van der Waals surface area (Å²) >= 11 is 5.99. The van der Waals surface area contributed by atoms with Crippen LogP contribution in [0.3, 0.4) is 0 Å². The largest absolute Gasteiger partial charge is 0.324 e. The topological polar surface area (TPSA) is 26.0 Å². The van der Waals surface area contributed by atoms with Gasteiger partial charge in [0.15, 0.2) is 0 Å². The van der Waals surface area contributed by atoms with Gasteiger partial charge in [-0.3, -0.25) is 0 Å². The van der Waals surface area contributed by atoms with Gasteiger partial charge in [-0.1, -0.05) is 63.1 Å². The van der Waals surface area contributed by atoms with E-state index in [0.717, 1.165) is 18.4 Å². The monoisotopic (exact) mass is 271 g/mol. The van der Waals surface area contributed by atoms with Crippen LogP contribution in [0.1, 0.15) is 63.5 Å². The van der Waals surface area contributed by atoms with Crippen molar-refractivity contribution in [2.24, 2.45) is 5.73 Å². The fraction of sp³-hybridized carbons (Fsp3) is 0.600. The molecule has 1 atom stereocenters. The first-order valence-corrected chi connectivity index (χ1v) is 7.23. The normalized spacial score (nSPS) is 12.7. The number of rotatable bonds is 8. The van der Waals surface area contributed by atoms with Crippen LogP contribution in [0.15, 0.2) is 18.2 Å². The smallest absolute Gasteiger partial charge is 0.124 e. The zero-order valence-corrected chi connectivity index (χ0v) is 11.8. The molecule has 0 saturated carbocycles. The van der Waals surface area contributed by atoms with Gasteiger partial charge in [0, 0.05) is 11.1 Å². The van der Waals surface area contributed by atoms with Crippen molar-refractivity contribution >= 4 is 11.6 Å². The highest BCUT2D eigenvalue weighted by atomic mass is 35.5. The summed E-state index contributed by atoms with van der Waals surface area (Å²) in [5.41, 5.74) is 6.93. The molecule has 18 heavy (non-hydrogen) atoms. The van der Waals surface area contributed by atoms with Crippen LogP contribution in [0.25, 0.3) is 0 Å². The first kappa shape index (κ1) is 15.5. The van der Waals surface area contributed by atoms with E-state index < -0.39 is 0 Å². The number of hydrogen-bond acceptors (Lipinski definition) is 1. The van der Waals surface area contributed by atoms with E-state index in [0.29, 0.717) is 5.02 Å². The van der Waals surface area contributed by atoms with Crippen molar-refractivity contribution in [2.45, 2.75) is 57.9 Å². The van der Waals surface area contributed by atoms with E-state index in [2.05, 4.69) is 6.92 Å². The lowest BCUT2D eigenvalue weighted by Crippen LogP contribution is -2.10. The van der Waals surface area contributed by atoms with E-state index >= 15 is 0 Å². The quantitative estimate of drug-likeness (QED) is 0.644. The van der Waals surface area contributed by atoms with Crippen LogP contribution in [-0.2, 0) is 0 Å². The van der Waals surface area contributed by atoms with Crippen LogP contribution in [0.5, 0.6) is 0 Å². The third-order valence-corrected chi connectivity index (χ3v) is 3.56. The fourth-order valence-corrected chi connectivity index (χ4v) is 2.41. The summed E-state index contributed by atoms with van der Waals surface area (Å²) in [4.78, 5) is 0. The van der Waals surface area contributed by atoms with E-state index in [-0.39, 0.29) is 11.9 Å². The maximum Gasteiger partial charge on any atom is 0.124 e. The molecule has 0 saturated heterocycles. The molecular weight excluding hydrogens is 249 g/mol. The van der Waals surface area contributed by atoms with Gasteiger partial charge in [-0.05, 0) is 24.1 Å². The fourth-order valence-electron chi connectivity index (χ4n) is 2.10. The minimum atomic E-state index is -0.310. The summed E-state index contributed by atoms with van der Waals surface area (Å²) in [6.45, 7) is 2.21. The Bertz CT molecular complexity index is 354. The third kappa shape index (κ3) is 5.36. The molecule has 0 heterocycles. The number of hydrogen-bond donors (Lipinski definition) is 1. The second-order valence-corrected chi connectivity index (χ2v) is 5.24. The van der Waals surface area contributed by atoms with Crippen LogP contribution in [0, 0.1) is 5.82 Å². The third-order valence-electron chi connectivity index (χ3n) is 3.23. The van der Waals surface area contributed by atoms with E-state index in [9.17, 15) is 4.39 Å². The second kappa shape index (κ2) is 8.49. The van der Waals surface area contributed by atoms with Crippen LogP contribution in [-0.4, -0.2) is 0 Å². The molecule has 1 unspecified atom stereocenters. The number of halogens is 2. The predicted molar refractivity (Wildman–Crippen MR) is 76.3 cm³/mol. The Morgan fingerprint density at radius 1 is 1.17 bits per heavy atom. The van der Waals surface area contributed by atoms with E-state index in [1.165, 1.54) is 44.2 Å². The zero-order chi connectivity index (χ0) is 13.4. The maximum atomic E-state index is 12.9. The lowest BCUT2D eigenvalue weighted by Gasteiger charge is -2.13. The average Bonchev–Trinajstić information content (AvgIpc) is 2.33. The van der Waals surface area contributed by atoms with Crippen molar-refractivity contribution in [1.29, 1.82) is 0 Å². The summed E-state index contributed by atoms with van der Waals surface area (Å²) in [5, 5.41) is 0.438. The van der Waals surface area contributed by atoms with Gasteiger partial charge in [0.25, 0.3) is 0 Å². The molecule has 0 bridgehead atoms. The van der Waals surface area contributed by atoms with Crippen LogP contribution < -0.4 is 5.73 Å². The lowest BCUT2D eigenvalue weighted by atomic mass is 10.0. The van der Waals surface area contributed by atoms with Crippen molar-refractivity contribution in [3.63, 3.8) is 0 Å². The first-order chi connectivity index (χ1) is 8.65. The van der Waals surface area contributed by atoms with Gasteiger partial charge in [-0.25, -0.2) is 4.39 Å². The molecule has 0 aliphatic heterocycles. The Morgan fingerprint density at radius 3 is 2.50 bits per heavy atom. The molecular formula is C15H23ClFN. The Labute approximate surface area is 115 Å². The molecule has 1 aromatic rings. The van der Waals surface area contributed by atoms with Gasteiger partial charge in [0.1, 0.15) is 5.82 Å². The van der Waals surface area contributed by atoms with Gasteiger partial charge in [-0.2, -0.15) is 0 Å². The van der Waals surface area contributed by atoms with Crippen LogP contribution >= 0.6 is 11.6 Å². The molecule has 0 aliphatic rings. The zero-order valence-electron chi connectivity index (χ0n) is 11.1. The summed E-state index contributed by atoms with van der Waals surface area (Å²) in [6, 6.07) is 4.36. The van der Waals surface area contributed by atoms with Gasteiger partial charge < -0.3 is 5.73 Å². The highest BCUT2D eigenvalue weighted by Gasteiger charge is 2.10. The number of benzene rings is 1. The van der Waals surface area contributed by atoms with Crippen molar-refractivity contribution in [3.8, 4) is 0 Å². The average molecular weight is 272 g/mol. The molecule has 0 fully saturated rings. The molecule has 0 spiro atoms. The molecule has 1 rings (SSSR count). The Morgan fingerprint density at radius 2 is 1.83 bits per heavy atom. The summed E-state index contributed by atoms with van der Waals surface area (Å²) in [7, 11) is 0. The van der Waals surface area contributed by atoms with E-state index in [4.69, 9.17) is 17.3 Å². The predicted octanol–water partition coefficient (Wildman–Crippen LogP) is 5.23. The van der Waals surface area contributed by atoms with Gasteiger partial charge in [0.05, 0.1) is 0 Å². The van der Waals surface area contributed by atoms with Crippen molar-refractivity contribution in [2.75, 3.05) is 0 Å². The van der Waals surface area contributed by atoms with Gasteiger partial charge in [-0.15, -0.1) is 0 Å². The molecule has 0 amide bonds. The minimum Gasteiger partial charge on any atom is -0.324 e. The standard InChI is InChI=1S/C15H23ClFN/c1-2-3-4-5-6-7-8-15(18)13-10-9-12(17)11-14(13)16/h9-11,15H,2-8,18H2,1H3. The van der Waals surface area contributed by atoms with Crippen molar-refractivity contribution in [1.82, 2.24) is 0 Å². The lowest BCUT2D eigenvalue weighted by molar-refractivity contribution is 0.546. The van der Waals surface area contributed by atoms with Gasteiger partial charge in [0.2, 0.25) is 0 Å². The molecule has 3 heteroatoms.